The molecule has 3 rings (SSSR count). The SMILES string of the molecule is O=C(O)C(c1cc(OCC(F)(F)F)c(-c2ccc(C(F)(F)F)cc2)c(C(F)(F)F)c1)C1CC1. The largest absolute Gasteiger partial charge is 0.483 e. The van der Waals surface area contributed by atoms with Gasteiger partial charge in [0.1, 0.15) is 5.75 Å². The molecular formula is C21H15F9O3. The number of rotatable bonds is 6. The van der Waals surface area contributed by atoms with Crippen LogP contribution in [0.5, 0.6) is 5.75 Å². The number of benzene rings is 2. The molecule has 180 valence electrons. The lowest BCUT2D eigenvalue weighted by Gasteiger charge is -2.22. The fraction of sp³-hybridized carbons (Fsp3) is 0.381. The number of aliphatic carboxylic acids is 1. The summed E-state index contributed by atoms with van der Waals surface area (Å²) in [4.78, 5) is 11.6. The predicted molar refractivity (Wildman–Crippen MR) is 96.5 cm³/mol. The van der Waals surface area contributed by atoms with Crippen molar-refractivity contribution in [1.82, 2.24) is 0 Å². The molecule has 0 spiro atoms. The maximum absolute atomic E-state index is 13.9. The van der Waals surface area contributed by atoms with Gasteiger partial charge in [0.15, 0.2) is 6.61 Å². The van der Waals surface area contributed by atoms with E-state index < -0.39 is 76.5 Å². The molecule has 3 nitrogen and oxygen atoms in total. The first kappa shape index (κ1) is 24.7. The number of hydrogen-bond donors (Lipinski definition) is 1. The first-order valence-corrected chi connectivity index (χ1v) is 9.43. The molecule has 1 unspecified atom stereocenters. The summed E-state index contributed by atoms with van der Waals surface area (Å²) >= 11 is 0. The van der Waals surface area contributed by atoms with Crippen LogP contribution in [-0.2, 0) is 17.1 Å². The molecule has 1 fully saturated rings. The summed E-state index contributed by atoms with van der Waals surface area (Å²) < 4.78 is 123. The Balaban J connectivity index is 2.23. The van der Waals surface area contributed by atoms with E-state index in [0.717, 1.165) is 6.07 Å². The second kappa shape index (κ2) is 8.45. The molecule has 2 aromatic rings. The molecule has 1 aliphatic rings. The van der Waals surface area contributed by atoms with Crippen molar-refractivity contribution < 1.29 is 54.2 Å². The van der Waals surface area contributed by atoms with E-state index in [9.17, 15) is 49.4 Å². The van der Waals surface area contributed by atoms with Crippen molar-refractivity contribution in [3.05, 3.63) is 53.1 Å². The van der Waals surface area contributed by atoms with Gasteiger partial charge in [-0.25, -0.2) is 0 Å². The van der Waals surface area contributed by atoms with Crippen molar-refractivity contribution >= 4 is 5.97 Å². The molecule has 1 aliphatic carbocycles. The third-order valence-electron chi connectivity index (χ3n) is 5.04. The average Bonchev–Trinajstić information content (AvgIpc) is 3.49. The van der Waals surface area contributed by atoms with Crippen molar-refractivity contribution in [2.75, 3.05) is 6.61 Å². The summed E-state index contributed by atoms with van der Waals surface area (Å²) in [5, 5.41) is 9.47. The first-order chi connectivity index (χ1) is 15.1. The highest BCUT2D eigenvalue weighted by atomic mass is 19.4. The van der Waals surface area contributed by atoms with Crippen molar-refractivity contribution in [2.45, 2.75) is 37.3 Å². The molecule has 0 amide bonds. The van der Waals surface area contributed by atoms with Gasteiger partial charge in [-0.05, 0) is 54.2 Å². The zero-order valence-corrected chi connectivity index (χ0v) is 16.4. The van der Waals surface area contributed by atoms with Gasteiger partial charge < -0.3 is 9.84 Å². The predicted octanol–water partition coefficient (Wildman–Crippen LogP) is 6.91. The highest BCUT2D eigenvalue weighted by Gasteiger charge is 2.42. The van der Waals surface area contributed by atoms with Crippen LogP contribution >= 0.6 is 0 Å². The van der Waals surface area contributed by atoms with Gasteiger partial charge in [0, 0.05) is 5.56 Å². The van der Waals surface area contributed by atoms with Crippen molar-refractivity contribution in [2.24, 2.45) is 5.92 Å². The first-order valence-electron chi connectivity index (χ1n) is 9.43. The van der Waals surface area contributed by atoms with Gasteiger partial charge in [0.25, 0.3) is 0 Å². The normalized spacial score (nSPS) is 15.9. The van der Waals surface area contributed by atoms with E-state index in [1.807, 2.05) is 0 Å². The van der Waals surface area contributed by atoms with Crippen LogP contribution in [0.15, 0.2) is 36.4 Å². The number of carboxylic acids is 1. The molecule has 0 aliphatic heterocycles. The quantitative estimate of drug-likeness (QED) is 0.452. The van der Waals surface area contributed by atoms with Gasteiger partial charge >= 0.3 is 24.5 Å². The smallest absolute Gasteiger partial charge is 0.422 e. The Kier molecular flexibility index (Phi) is 6.33. The Morgan fingerprint density at radius 2 is 1.52 bits per heavy atom. The molecule has 0 aromatic heterocycles. The fourth-order valence-electron chi connectivity index (χ4n) is 3.48. The Labute approximate surface area is 180 Å². The molecule has 2 aromatic carbocycles. The van der Waals surface area contributed by atoms with E-state index in [1.165, 1.54) is 0 Å². The summed E-state index contributed by atoms with van der Waals surface area (Å²) in [6.07, 6.45) is -14.1. The van der Waals surface area contributed by atoms with Gasteiger partial charge in [-0.2, -0.15) is 39.5 Å². The number of carbonyl (C=O) groups is 1. The highest BCUT2D eigenvalue weighted by Crippen LogP contribution is 2.49. The monoisotopic (exact) mass is 486 g/mol. The lowest BCUT2D eigenvalue weighted by atomic mass is 9.88. The Bertz CT molecular complexity index is 1020. The van der Waals surface area contributed by atoms with Gasteiger partial charge in [-0.3, -0.25) is 4.79 Å². The number of carboxylic acid groups (broad SMARTS) is 1. The van der Waals surface area contributed by atoms with E-state index in [-0.39, 0.29) is 0 Å². The Morgan fingerprint density at radius 3 is 1.94 bits per heavy atom. The minimum atomic E-state index is -5.17. The summed E-state index contributed by atoms with van der Waals surface area (Å²) in [7, 11) is 0. The molecule has 1 atom stereocenters. The lowest BCUT2D eigenvalue weighted by Crippen LogP contribution is -2.21. The molecule has 1 saturated carbocycles. The summed E-state index contributed by atoms with van der Waals surface area (Å²) in [5.41, 5.74) is -4.47. The minimum Gasteiger partial charge on any atom is -0.483 e. The number of ether oxygens (including phenoxy) is 1. The molecule has 1 N–H and O–H groups in total. The van der Waals surface area contributed by atoms with Crippen LogP contribution in [0.25, 0.3) is 11.1 Å². The van der Waals surface area contributed by atoms with E-state index >= 15 is 0 Å². The topological polar surface area (TPSA) is 46.5 Å². The van der Waals surface area contributed by atoms with Gasteiger partial charge in [0.05, 0.1) is 17.0 Å². The van der Waals surface area contributed by atoms with Crippen LogP contribution in [0, 0.1) is 5.92 Å². The molecule has 12 heteroatoms. The second-order valence-electron chi connectivity index (χ2n) is 7.57. The zero-order valence-electron chi connectivity index (χ0n) is 16.4. The summed E-state index contributed by atoms with van der Waals surface area (Å²) in [5.74, 6) is -4.27. The Hall–Kier alpha value is -2.92. The molecule has 0 heterocycles. The number of halogens is 9. The van der Waals surface area contributed by atoms with Gasteiger partial charge in [0.2, 0.25) is 0 Å². The maximum atomic E-state index is 13.9. The van der Waals surface area contributed by atoms with Crippen molar-refractivity contribution in [1.29, 1.82) is 0 Å². The summed E-state index contributed by atoms with van der Waals surface area (Å²) in [6, 6.07) is 3.63. The van der Waals surface area contributed by atoms with Gasteiger partial charge in [-0.1, -0.05) is 12.1 Å². The average molecular weight is 486 g/mol. The van der Waals surface area contributed by atoms with Crippen LogP contribution < -0.4 is 4.74 Å². The fourth-order valence-corrected chi connectivity index (χ4v) is 3.48. The number of alkyl halides is 9. The Morgan fingerprint density at radius 1 is 0.939 bits per heavy atom. The van der Waals surface area contributed by atoms with Crippen LogP contribution in [0.1, 0.15) is 35.4 Å². The van der Waals surface area contributed by atoms with Crippen LogP contribution in [-0.4, -0.2) is 23.9 Å². The highest BCUT2D eigenvalue weighted by molar-refractivity contribution is 5.81. The third kappa shape index (κ3) is 5.91. The van der Waals surface area contributed by atoms with Crippen LogP contribution in [0.3, 0.4) is 0 Å². The molecule has 33 heavy (non-hydrogen) atoms. The van der Waals surface area contributed by atoms with Gasteiger partial charge in [-0.15, -0.1) is 0 Å². The molecular weight excluding hydrogens is 471 g/mol. The maximum Gasteiger partial charge on any atom is 0.422 e. The van der Waals surface area contributed by atoms with E-state index in [2.05, 4.69) is 4.74 Å². The standard InChI is InChI=1S/C21H15F9O3/c22-19(23,24)9-33-15-8-12(16(18(31)32)10-1-2-10)7-14(21(28,29)30)17(15)11-3-5-13(6-4-11)20(25,26)27/h3-8,10,16H,1-2,9H2,(H,31,32). The molecule has 0 radical (unpaired) electrons. The minimum absolute atomic E-state index is 0.398. The van der Waals surface area contributed by atoms with Crippen LogP contribution in [0.4, 0.5) is 39.5 Å². The lowest BCUT2D eigenvalue weighted by molar-refractivity contribution is -0.153. The van der Waals surface area contributed by atoms with E-state index in [0.29, 0.717) is 43.2 Å². The second-order valence-corrected chi connectivity index (χ2v) is 7.57. The van der Waals surface area contributed by atoms with E-state index in [4.69, 9.17) is 0 Å². The third-order valence-corrected chi connectivity index (χ3v) is 5.04. The number of hydrogen-bond acceptors (Lipinski definition) is 2. The molecule has 0 saturated heterocycles. The van der Waals surface area contributed by atoms with Crippen molar-refractivity contribution in [3.63, 3.8) is 0 Å². The zero-order chi connectivity index (χ0) is 24.8. The van der Waals surface area contributed by atoms with E-state index in [1.54, 1.807) is 0 Å². The molecule has 0 bridgehead atoms. The van der Waals surface area contributed by atoms with Crippen molar-refractivity contribution in [3.8, 4) is 16.9 Å². The summed E-state index contributed by atoms with van der Waals surface area (Å²) in [6.45, 7) is -1.98. The van der Waals surface area contributed by atoms with Crippen LogP contribution in [0.2, 0.25) is 0 Å².